The molecule has 0 radical (unpaired) electrons. The van der Waals surface area contributed by atoms with Crippen LogP contribution in [0.15, 0.2) is 0 Å². The van der Waals surface area contributed by atoms with Crippen molar-refractivity contribution in [1.29, 1.82) is 0 Å². The first-order valence-corrected chi connectivity index (χ1v) is 8.63. The van der Waals surface area contributed by atoms with Crippen LogP contribution in [0.1, 0.15) is 46.5 Å². The van der Waals surface area contributed by atoms with Gasteiger partial charge in [0.15, 0.2) is 0 Å². The van der Waals surface area contributed by atoms with Crippen molar-refractivity contribution in [2.45, 2.75) is 51.4 Å². The molecular formula is C12H26O3S. The van der Waals surface area contributed by atoms with Crippen molar-refractivity contribution in [2.75, 3.05) is 19.1 Å². The van der Waals surface area contributed by atoms with Crippen LogP contribution in [0.2, 0.25) is 0 Å². The smallest absolute Gasteiger partial charge is 0.150 e. The van der Waals surface area contributed by atoms with Gasteiger partial charge >= 0.3 is 0 Å². The largest absolute Gasteiger partial charge is 0.372 e. The van der Waals surface area contributed by atoms with Crippen LogP contribution < -0.4 is 0 Å². The molecule has 1 aliphatic rings. The van der Waals surface area contributed by atoms with Gasteiger partial charge in [-0.3, -0.25) is 4.18 Å². The highest BCUT2D eigenvalue weighted by atomic mass is 32.3. The SMILES string of the molecule is CC(C)(C)COS(C)(C)(=O)C1(O)CCCC1. The van der Waals surface area contributed by atoms with E-state index in [9.17, 15) is 9.32 Å². The first-order valence-electron chi connectivity index (χ1n) is 5.93. The summed E-state index contributed by atoms with van der Waals surface area (Å²) in [5, 5.41) is 10.5. The molecule has 0 amide bonds. The minimum atomic E-state index is -3.41. The Morgan fingerprint density at radius 2 is 1.69 bits per heavy atom. The molecule has 0 spiro atoms. The van der Waals surface area contributed by atoms with E-state index in [0.717, 1.165) is 12.8 Å². The van der Waals surface area contributed by atoms with E-state index in [-0.39, 0.29) is 5.41 Å². The van der Waals surface area contributed by atoms with Gasteiger partial charge in [0.05, 0.1) is 6.61 Å². The van der Waals surface area contributed by atoms with Gasteiger partial charge in [0.2, 0.25) is 0 Å². The fraction of sp³-hybridized carbons (Fsp3) is 1.00. The summed E-state index contributed by atoms with van der Waals surface area (Å²) in [6, 6.07) is 0. The Bertz CT molecular complexity index is 316. The van der Waals surface area contributed by atoms with E-state index < -0.39 is 14.3 Å². The topological polar surface area (TPSA) is 46.5 Å². The minimum Gasteiger partial charge on any atom is -0.372 e. The molecule has 0 atom stereocenters. The fourth-order valence-corrected chi connectivity index (χ4v) is 4.31. The molecule has 3 nitrogen and oxygen atoms in total. The molecule has 0 heterocycles. The van der Waals surface area contributed by atoms with Gasteiger partial charge in [-0.2, -0.15) is 9.35 Å². The van der Waals surface area contributed by atoms with Crippen LogP contribution in [0.5, 0.6) is 0 Å². The highest BCUT2D eigenvalue weighted by molar-refractivity contribution is 8.15. The Labute approximate surface area is 99.2 Å². The second-order valence-electron chi connectivity index (χ2n) is 6.69. The van der Waals surface area contributed by atoms with Crippen LogP contribution in [0.3, 0.4) is 0 Å². The summed E-state index contributed by atoms with van der Waals surface area (Å²) in [6.45, 7) is 6.52. The molecule has 0 aromatic rings. The summed E-state index contributed by atoms with van der Waals surface area (Å²) in [6.07, 6.45) is 6.24. The van der Waals surface area contributed by atoms with Crippen LogP contribution in [-0.4, -0.2) is 33.4 Å². The maximum absolute atomic E-state index is 12.9. The second-order valence-corrected chi connectivity index (χ2v) is 11.1. The van der Waals surface area contributed by atoms with Crippen molar-refractivity contribution in [2.24, 2.45) is 5.41 Å². The zero-order chi connectivity index (χ0) is 12.7. The van der Waals surface area contributed by atoms with E-state index in [4.69, 9.17) is 4.18 Å². The van der Waals surface area contributed by atoms with Crippen molar-refractivity contribution >= 4 is 9.35 Å². The van der Waals surface area contributed by atoms with Crippen LogP contribution in [0, 0.1) is 5.41 Å². The molecule has 1 saturated carbocycles. The van der Waals surface area contributed by atoms with Crippen LogP contribution in [-0.2, 0) is 13.5 Å². The summed E-state index contributed by atoms with van der Waals surface area (Å²) >= 11 is 0. The number of rotatable bonds is 3. The molecule has 0 aromatic carbocycles. The first-order chi connectivity index (χ1) is 6.94. The molecule has 1 rings (SSSR count). The molecular weight excluding hydrogens is 224 g/mol. The van der Waals surface area contributed by atoms with Gasteiger partial charge in [-0.25, -0.2) is 4.21 Å². The molecule has 0 unspecified atom stereocenters. The summed E-state index contributed by atoms with van der Waals surface area (Å²) < 4.78 is 18.6. The predicted octanol–water partition coefficient (Wildman–Crippen LogP) is 2.31. The lowest BCUT2D eigenvalue weighted by Gasteiger charge is -2.52. The van der Waals surface area contributed by atoms with Gasteiger partial charge in [0.1, 0.15) is 4.93 Å². The minimum absolute atomic E-state index is 0.0387. The fourth-order valence-electron chi connectivity index (χ4n) is 1.96. The zero-order valence-corrected chi connectivity index (χ0v) is 12.0. The lowest BCUT2D eigenvalue weighted by molar-refractivity contribution is 0.101. The summed E-state index contributed by atoms with van der Waals surface area (Å²) in [7, 11) is -3.41. The molecule has 0 aromatic heterocycles. The Morgan fingerprint density at radius 3 is 2.06 bits per heavy atom. The third kappa shape index (κ3) is 2.84. The normalized spacial score (nSPS) is 24.0. The second kappa shape index (κ2) is 3.79. The average Bonchev–Trinajstić information content (AvgIpc) is 2.49. The Morgan fingerprint density at radius 1 is 1.25 bits per heavy atom. The standard InChI is InChI=1S/C12H26O3S/c1-11(2,3)10-15-16(4,5,14)12(13)8-6-7-9-12/h13H,6-10H2,1-5H3. The van der Waals surface area contributed by atoms with Crippen molar-refractivity contribution in [3.05, 3.63) is 0 Å². The number of hydrogen-bond acceptors (Lipinski definition) is 3. The molecule has 0 bridgehead atoms. The van der Waals surface area contributed by atoms with E-state index in [1.807, 2.05) is 20.8 Å². The quantitative estimate of drug-likeness (QED) is 0.836. The van der Waals surface area contributed by atoms with Crippen LogP contribution in [0.25, 0.3) is 0 Å². The van der Waals surface area contributed by atoms with Crippen molar-refractivity contribution < 1.29 is 13.5 Å². The maximum atomic E-state index is 12.9. The third-order valence-electron chi connectivity index (χ3n) is 3.29. The van der Waals surface area contributed by atoms with Crippen molar-refractivity contribution in [3.8, 4) is 0 Å². The van der Waals surface area contributed by atoms with Gasteiger partial charge in [-0.1, -0.05) is 20.8 Å². The maximum Gasteiger partial charge on any atom is 0.150 e. The lowest BCUT2D eigenvalue weighted by Crippen LogP contribution is -2.55. The molecule has 98 valence electrons. The molecule has 1 aliphatic carbocycles. The Hall–Kier alpha value is 0.0700. The van der Waals surface area contributed by atoms with Crippen molar-refractivity contribution in [3.63, 3.8) is 0 Å². The van der Waals surface area contributed by atoms with Crippen LogP contribution >= 0.6 is 0 Å². The number of aliphatic hydroxyl groups is 1. The van der Waals surface area contributed by atoms with E-state index in [0.29, 0.717) is 19.4 Å². The van der Waals surface area contributed by atoms with E-state index in [1.165, 1.54) is 0 Å². The molecule has 1 fully saturated rings. The highest BCUT2D eigenvalue weighted by Gasteiger charge is 2.48. The van der Waals surface area contributed by atoms with Crippen LogP contribution in [0.4, 0.5) is 0 Å². The van der Waals surface area contributed by atoms with Gasteiger partial charge in [0, 0.05) is 12.5 Å². The van der Waals surface area contributed by atoms with Crippen molar-refractivity contribution in [1.82, 2.24) is 0 Å². The third-order valence-corrected chi connectivity index (χ3v) is 6.64. The molecule has 16 heavy (non-hydrogen) atoms. The zero-order valence-electron chi connectivity index (χ0n) is 11.2. The summed E-state index contributed by atoms with van der Waals surface area (Å²) in [4.78, 5) is -1.12. The van der Waals surface area contributed by atoms with Gasteiger partial charge in [0.25, 0.3) is 0 Å². The molecule has 0 aliphatic heterocycles. The Kier molecular flexibility index (Phi) is 3.34. The number of hydrogen-bond donors (Lipinski definition) is 1. The monoisotopic (exact) mass is 250 g/mol. The first kappa shape index (κ1) is 14.1. The summed E-state index contributed by atoms with van der Waals surface area (Å²) in [5.74, 6) is 0. The van der Waals surface area contributed by atoms with E-state index >= 15 is 0 Å². The molecule has 4 heteroatoms. The van der Waals surface area contributed by atoms with E-state index in [1.54, 1.807) is 12.5 Å². The lowest BCUT2D eigenvalue weighted by atomic mass is 9.99. The summed E-state index contributed by atoms with van der Waals surface area (Å²) in [5.41, 5.74) is -0.0387. The Balaban J connectivity index is 2.84. The highest BCUT2D eigenvalue weighted by Crippen LogP contribution is 2.46. The molecule has 1 N–H and O–H groups in total. The van der Waals surface area contributed by atoms with E-state index in [2.05, 4.69) is 0 Å². The average molecular weight is 250 g/mol. The van der Waals surface area contributed by atoms with Gasteiger partial charge in [-0.05, 0) is 31.1 Å². The van der Waals surface area contributed by atoms with Gasteiger partial charge in [-0.15, -0.1) is 0 Å². The van der Waals surface area contributed by atoms with Gasteiger partial charge < -0.3 is 5.11 Å². The molecule has 0 saturated heterocycles. The predicted molar refractivity (Wildman–Crippen MR) is 68.8 cm³/mol.